The van der Waals surface area contributed by atoms with Crippen molar-refractivity contribution in [2.75, 3.05) is 30.4 Å². The lowest BCUT2D eigenvalue weighted by molar-refractivity contribution is -0.114. The molecule has 0 aliphatic heterocycles. The zero-order chi connectivity index (χ0) is 21.6. The second-order valence-electron chi connectivity index (χ2n) is 6.04. The number of carbonyl (C=O) groups excluding carboxylic acids is 1. The molecule has 0 unspecified atom stereocenters. The van der Waals surface area contributed by atoms with E-state index in [0.29, 0.717) is 11.4 Å². The summed E-state index contributed by atoms with van der Waals surface area (Å²) >= 11 is 0. The van der Waals surface area contributed by atoms with E-state index in [9.17, 15) is 13.2 Å². The lowest BCUT2D eigenvalue weighted by Crippen LogP contribution is -2.38. The molecule has 3 rings (SSSR count). The van der Waals surface area contributed by atoms with Crippen LogP contribution >= 0.6 is 0 Å². The maximum Gasteiger partial charge on any atom is 0.264 e. The molecule has 1 heterocycles. The van der Waals surface area contributed by atoms with Crippen molar-refractivity contribution in [1.29, 1.82) is 0 Å². The van der Waals surface area contributed by atoms with Crippen LogP contribution in [0.4, 0.5) is 11.4 Å². The molecule has 0 saturated carbocycles. The van der Waals surface area contributed by atoms with E-state index >= 15 is 0 Å². The van der Waals surface area contributed by atoms with Gasteiger partial charge < -0.3 is 14.8 Å². The van der Waals surface area contributed by atoms with Gasteiger partial charge in [-0.3, -0.25) is 9.10 Å². The molecule has 0 bridgehead atoms. The predicted molar refractivity (Wildman–Crippen MR) is 111 cm³/mol. The highest BCUT2D eigenvalue weighted by atomic mass is 32.2. The van der Waals surface area contributed by atoms with E-state index in [-0.39, 0.29) is 16.3 Å². The van der Waals surface area contributed by atoms with Crippen LogP contribution in [0, 0.1) is 0 Å². The number of aromatic nitrogens is 2. The Morgan fingerprint density at radius 2 is 1.80 bits per heavy atom. The van der Waals surface area contributed by atoms with E-state index in [0.717, 1.165) is 4.31 Å². The van der Waals surface area contributed by atoms with Crippen LogP contribution < -0.4 is 19.1 Å². The molecule has 156 valence electrons. The molecular weight excluding hydrogens is 408 g/mol. The van der Waals surface area contributed by atoms with E-state index in [2.05, 4.69) is 15.5 Å². The van der Waals surface area contributed by atoms with Gasteiger partial charge in [0, 0.05) is 6.07 Å². The molecule has 1 aromatic heterocycles. The van der Waals surface area contributed by atoms with Gasteiger partial charge in [-0.05, 0) is 30.3 Å². The third-order valence-electron chi connectivity index (χ3n) is 4.14. The van der Waals surface area contributed by atoms with Gasteiger partial charge in [0.05, 0.1) is 42.9 Å². The highest BCUT2D eigenvalue weighted by Gasteiger charge is 2.30. The number of hydrogen-bond donors (Lipinski definition) is 1. The molecule has 30 heavy (non-hydrogen) atoms. The number of sulfonamides is 1. The van der Waals surface area contributed by atoms with E-state index in [1.54, 1.807) is 36.4 Å². The van der Waals surface area contributed by atoms with E-state index in [1.165, 1.54) is 44.8 Å². The van der Waals surface area contributed by atoms with Crippen LogP contribution in [-0.4, -0.2) is 45.3 Å². The van der Waals surface area contributed by atoms with Crippen LogP contribution in [0.25, 0.3) is 0 Å². The minimum atomic E-state index is -4.09. The van der Waals surface area contributed by atoms with Gasteiger partial charge in [0.1, 0.15) is 18.0 Å². The van der Waals surface area contributed by atoms with Crippen LogP contribution in [0.5, 0.6) is 11.5 Å². The molecule has 0 saturated heterocycles. The topological polar surface area (TPSA) is 111 Å². The monoisotopic (exact) mass is 428 g/mol. The zero-order valence-corrected chi connectivity index (χ0v) is 17.2. The number of anilines is 2. The van der Waals surface area contributed by atoms with Gasteiger partial charge in [-0.25, -0.2) is 8.42 Å². The largest absolute Gasteiger partial charge is 0.497 e. The van der Waals surface area contributed by atoms with Crippen LogP contribution in [0.3, 0.4) is 0 Å². The first kappa shape index (κ1) is 21.1. The van der Waals surface area contributed by atoms with Crippen molar-refractivity contribution in [3.63, 3.8) is 0 Å². The average Bonchev–Trinajstić information content (AvgIpc) is 2.78. The smallest absolute Gasteiger partial charge is 0.264 e. The lowest BCUT2D eigenvalue weighted by atomic mass is 10.2. The Bertz CT molecular complexity index is 1110. The summed E-state index contributed by atoms with van der Waals surface area (Å²) in [6.07, 6.45) is 2.78. The first-order valence-corrected chi connectivity index (χ1v) is 10.3. The lowest BCUT2D eigenvalue weighted by Gasteiger charge is -2.26. The van der Waals surface area contributed by atoms with Crippen LogP contribution in [0.15, 0.2) is 71.9 Å². The third kappa shape index (κ3) is 4.66. The standard InChI is InChI=1S/C20H20N4O5S/c1-28-16-8-9-19(29-2)18(12-16)24(30(26,27)17-6-4-3-5-7-17)14-20(25)23-15-10-11-21-22-13-15/h3-13H,14H2,1-2H3,(H,21,23,25). The summed E-state index contributed by atoms with van der Waals surface area (Å²) in [6, 6.07) is 14.1. The van der Waals surface area contributed by atoms with Gasteiger partial charge in [0.2, 0.25) is 5.91 Å². The van der Waals surface area contributed by atoms with Crippen molar-refractivity contribution in [2.24, 2.45) is 0 Å². The first-order chi connectivity index (χ1) is 14.5. The van der Waals surface area contributed by atoms with Crippen LogP contribution in [0.2, 0.25) is 0 Å². The maximum absolute atomic E-state index is 13.4. The fourth-order valence-electron chi connectivity index (χ4n) is 2.71. The fourth-order valence-corrected chi connectivity index (χ4v) is 4.15. The minimum Gasteiger partial charge on any atom is -0.497 e. The van der Waals surface area contributed by atoms with Gasteiger partial charge in [-0.15, -0.1) is 0 Å². The highest BCUT2D eigenvalue weighted by molar-refractivity contribution is 7.92. The number of rotatable bonds is 8. The molecule has 0 atom stereocenters. The Morgan fingerprint density at radius 3 is 2.43 bits per heavy atom. The summed E-state index contributed by atoms with van der Waals surface area (Å²) in [4.78, 5) is 12.7. The van der Waals surface area contributed by atoms with Gasteiger partial charge in [0.15, 0.2) is 0 Å². The van der Waals surface area contributed by atoms with Gasteiger partial charge in [-0.2, -0.15) is 10.2 Å². The zero-order valence-electron chi connectivity index (χ0n) is 16.3. The molecule has 1 N–H and O–H groups in total. The molecule has 0 aliphatic rings. The summed E-state index contributed by atoms with van der Waals surface area (Å²) in [5.41, 5.74) is 0.563. The number of ether oxygens (including phenoxy) is 2. The number of nitrogens with one attached hydrogen (secondary N) is 1. The molecule has 9 nitrogen and oxygen atoms in total. The van der Waals surface area contributed by atoms with Crippen molar-refractivity contribution < 1.29 is 22.7 Å². The molecule has 0 aliphatic carbocycles. The van der Waals surface area contributed by atoms with E-state index in [1.807, 2.05) is 0 Å². The van der Waals surface area contributed by atoms with Crippen molar-refractivity contribution in [3.8, 4) is 11.5 Å². The SMILES string of the molecule is COc1ccc(OC)c(N(CC(=O)Nc2ccnnc2)S(=O)(=O)c2ccccc2)c1. The third-order valence-corrected chi connectivity index (χ3v) is 5.92. The molecule has 0 radical (unpaired) electrons. The number of benzene rings is 2. The van der Waals surface area contributed by atoms with Crippen LogP contribution in [0.1, 0.15) is 0 Å². The summed E-state index contributed by atoms with van der Waals surface area (Å²) in [5.74, 6) is 0.124. The van der Waals surface area contributed by atoms with Crippen molar-refractivity contribution in [1.82, 2.24) is 10.2 Å². The number of amides is 1. The second-order valence-corrected chi connectivity index (χ2v) is 7.90. The summed E-state index contributed by atoms with van der Waals surface area (Å²) in [6.45, 7) is -0.497. The highest BCUT2D eigenvalue weighted by Crippen LogP contribution is 2.35. The Labute approximate surface area is 174 Å². The molecule has 3 aromatic rings. The predicted octanol–water partition coefficient (Wildman–Crippen LogP) is 2.33. The summed E-state index contributed by atoms with van der Waals surface area (Å²) in [7, 11) is -1.21. The Kier molecular flexibility index (Phi) is 6.48. The van der Waals surface area contributed by atoms with Crippen molar-refractivity contribution in [2.45, 2.75) is 4.90 Å². The number of hydrogen-bond acceptors (Lipinski definition) is 7. The molecule has 0 spiro atoms. The van der Waals surface area contributed by atoms with E-state index < -0.39 is 22.5 Å². The average molecular weight is 428 g/mol. The molecule has 1 amide bonds. The molecule has 10 heteroatoms. The summed E-state index contributed by atoms with van der Waals surface area (Å²) in [5, 5.41) is 9.94. The van der Waals surface area contributed by atoms with Crippen LogP contribution in [-0.2, 0) is 14.8 Å². The summed E-state index contributed by atoms with van der Waals surface area (Å²) < 4.78 is 38.4. The van der Waals surface area contributed by atoms with Crippen molar-refractivity contribution in [3.05, 3.63) is 67.0 Å². The van der Waals surface area contributed by atoms with Gasteiger partial charge in [0.25, 0.3) is 10.0 Å². The minimum absolute atomic E-state index is 0.0354. The number of carbonyl (C=O) groups is 1. The van der Waals surface area contributed by atoms with Gasteiger partial charge >= 0.3 is 0 Å². The maximum atomic E-state index is 13.4. The van der Waals surface area contributed by atoms with Crippen molar-refractivity contribution >= 4 is 27.3 Å². The second kappa shape index (κ2) is 9.23. The number of nitrogens with zero attached hydrogens (tertiary/aromatic N) is 3. The molecular formula is C20H20N4O5S. The fraction of sp³-hybridized carbons (Fsp3) is 0.150. The molecule has 2 aromatic carbocycles. The Hall–Kier alpha value is -3.66. The van der Waals surface area contributed by atoms with E-state index in [4.69, 9.17) is 9.47 Å². The Balaban J connectivity index is 2.04. The first-order valence-electron chi connectivity index (χ1n) is 8.82. The van der Waals surface area contributed by atoms with Gasteiger partial charge in [-0.1, -0.05) is 18.2 Å². The normalized spacial score (nSPS) is 10.9. The Morgan fingerprint density at radius 1 is 1.03 bits per heavy atom. The quantitative estimate of drug-likeness (QED) is 0.586. The number of methoxy groups -OCH3 is 2. The molecule has 0 fully saturated rings.